The van der Waals surface area contributed by atoms with Gasteiger partial charge in [-0.3, -0.25) is 0 Å². The molecule has 0 bridgehead atoms. The van der Waals surface area contributed by atoms with E-state index in [4.69, 9.17) is 0 Å². The quantitative estimate of drug-likeness (QED) is 0.510. The van der Waals surface area contributed by atoms with Gasteiger partial charge in [-0.2, -0.15) is 0 Å². The molecule has 0 N–H and O–H groups in total. The third-order valence-electron chi connectivity index (χ3n) is 1.72. The molecule has 0 amide bonds. The first-order chi connectivity index (χ1) is 4.81. The van der Waals surface area contributed by atoms with Crippen LogP contribution in [0.2, 0.25) is 0 Å². The average molecular weight is 139 g/mol. The predicted molar refractivity (Wildman–Crippen MR) is 47.8 cm³/mol. The van der Waals surface area contributed by atoms with E-state index in [-0.39, 0.29) is 0 Å². The molecule has 59 valence electrons. The minimum atomic E-state index is 0.654. The van der Waals surface area contributed by atoms with Crippen molar-refractivity contribution < 1.29 is 0 Å². The van der Waals surface area contributed by atoms with Gasteiger partial charge in [-0.25, -0.2) is 0 Å². The van der Waals surface area contributed by atoms with Crippen molar-refractivity contribution in [3.63, 3.8) is 0 Å². The average Bonchev–Trinajstić information content (AvgIpc) is 1.98. The monoisotopic (exact) mass is 139 g/mol. The highest BCUT2D eigenvalue weighted by molar-refractivity contribution is 4.80. The highest BCUT2D eigenvalue weighted by Crippen LogP contribution is 2.08. The Labute approximate surface area is 65.3 Å². The zero-order valence-electron chi connectivity index (χ0n) is 7.27. The Morgan fingerprint density at radius 2 is 2.00 bits per heavy atom. The molecule has 1 radical (unpaired) electrons. The number of hydrogen-bond donors (Lipinski definition) is 0. The molecular formula is C10H19. The topological polar surface area (TPSA) is 0 Å². The van der Waals surface area contributed by atoms with E-state index in [1.807, 2.05) is 0 Å². The molecular weight excluding hydrogens is 120 g/mol. The van der Waals surface area contributed by atoms with Crippen molar-refractivity contribution in [2.24, 2.45) is 5.92 Å². The fourth-order valence-electron chi connectivity index (χ4n) is 0.821. The Morgan fingerprint density at radius 3 is 2.50 bits per heavy atom. The summed E-state index contributed by atoms with van der Waals surface area (Å²) in [7, 11) is 0. The molecule has 0 aliphatic rings. The van der Waals surface area contributed by atoms with Crippen LogP contribution in [-0.4, -0.2) is 0 Å². The molecule has 0 aromatic rings. The SMILES string of the molecule is [CH2]C(CC)CC/C=C/CC. The Bertz CT molecular complexity index is 82.0. The summed E-state index contributed by atoms with van der Waals surface area (Å²) in [4.78, 5) is 0. The second kappa shape index (κ2) is 6.85. The van der Waals surface area contributed by atoms with Gasteiger partial charge in [0, 0.05) is 0 Å². The Hall–Kier alpha value is -0.260. The normalized spacial score (nSPS) is 14.3. The maximum atomic E-state index is 4.02. The molecule has 0 spiro atoms. The lowest BCUT2D eigenvalue weighted by atomic mass is 10.0. The van der Waals surface area contributed by atoms with Crippen LogP contribution >= 0.6 is 0 Å². The van der Waals surface area contributed by atoms with Crippen molar-refractivity contribution in [2.75, 3.05) is 0 Å². The first-order valence-corrected chi connectivity index (χ1v) is 4.29. The van der Waals surface area contributed by atoms with Gasteiger partial charge in [-0.05, 0) is 25.2 Å². The summed E-state index contributed by atoms with van der Waals surface area (Å²) < 4.78 is 0. The summed E-state index contributed by atoms with van der Waals surface area (Å²) in [5.74, 6) is 0.654. The number of rotatable bonds is 5. The van der Waals surface area contributed by atoms with Crippen LogP contribution in [0.3, 0.4) is 0 Å². The summed E-state index contributed by atoms with van der Waals surface area (Å²) in [5.41, 5.74) is 0. The van der Waals surface area contributed by atoms with Crippen LogP contribution in [-0.2, 0) is 0 Å². The van der Waals surface area contributed by atoms with Crippen molar-refractivity contribution in [1.29, 1.82) is 0 Å². The van der Waals surface area contributed by atoms with Crippen LogP contribution < -0.4 is 0 Å². The van der Waals surface area contributed by atoms with Crippen molar-refractivity contribution in [1.82, 2.24) is 0 Å². The van der Waals surface area contributed by atoms with E-state index in [1.54, 1.807) is 0 Å². The molecule has 0 heterocycles. The van der Waals surface area contributed by atoms with Crippen molar-refractivity contribution in [3.05, 3.63) is 19.1 Å². The standard InChI is InChI=1S/C10H19/c1-4-6-7-8-9-10(3)5-2/h6-7,10H,3-5,8-9H2,1-2H3/b7-6+. The fraction of sp³-hybridized carbons (Fsp3) is 0.700. The van der Waals surface area contributed by atoms with Gasteiger partial charge in [0.1, 0.15) is 0 Å². The molecule has 1 unspecified atom stereocenters. The Morgan fingerprint density at radius 1 is 1.30 bits per heavy atom. The number of hydrogen-bond acceptors (Lipinski definition) is 0. The van der Waals surface area contributed by atoms with Gasteiger partial charge in [0.15, 0.2) is 0 Å². The van der Waals surface area contributed by atoms with Crippen LogP contribution in [0, 0.1) is 12.8 Å². The molecule has 0 rings (SSSR count). The van der Waals surface area contributed by atoms with Crippen LogP contribution in [0.25, 0.3) is 0 Å². The predicted octanol–water partition coefficient (Wildman–Crippen LogP) is 3.59. The lowest BCUT2D eigenvalue weighted by Crippen LogP contribution is -1.89. The second-order valence-electron chi connectivity index (χ2n) is 2.73. The Kier molecular flexibility index (Phi) is 6.68. The molecule has 0 aromatic heterocycles. The first kappa shape index (κ1) is 9.74. The highest BCUT2D eigenvalue weighted by Gasteiger charge is 1.94. The van der Waals surface area contributed by atoms with E-state index in [0.29, 0.717) is 5.92 Å². The van der Waals surface area contributed by atoms with Gasteiger partial charge in [-0.1, -0.05) is 39.3 Å². The van der Waals surface area contributed by atoms with Crippen molar-refractivity contribution >= 4 is 0 Å². The maximum Gasteiger partial charge on any atom is -0.0348 e. The van der Waals surface area contributed by atoms with Gasteiger partial charge < -0.3 is 0 Å². The number of allylic oxidation sites excluding steroid dienone is 2. The molecule has 0 aliphatic heterocycles. The van der Waals surface area contributed by atoms with E-state index >= 15 is 0 Å². The van der Waals surface area contributed by atoms with Gasteiger partial charge in [0.05, 0.1) is 0 Å². The zero-order chi connectivity index (χ0) is 7.82. The molecule has 0 fully saturated rings. The van der Waals surface area contributed by atoms with Crippen molar-refractivity contribution in [3.8, 4) is 0 Å². The lowest BCUT2D eigenvalue weighted by Gasteiger charge is -2.03. The van der Waals surface area contributed by atoms with Crippen LogP contribution in [0.4, 0.5) is 0 Å². The summed E-state index contributed by atoms with van der Waals surface area (Å²) >= 11 is 0. The molecule has 0 aromatic carbocycles. The minimum absolute atomic E-state index is 0.654. The molecule has 1 atom stereocenters. The maximum absolute atomic E-state index is 4.02. The van der Waals surface area contributed by atoms with Gasteiger partial charge in [0.25, 0.3) is 0 Å². The Balaban J connectivity index is 3.10. The van der Waals surface area contributed by atoms with Gasteiger partial charge in [0.2, 0.25) is 0 Å². The minimum Gasteiger partial charge on any atom is -0.0888 e. The smallest absolute Gasteiger partial charge is 0.0348 e. The summed E-state index contributed by atoms with van der Waals surface area (Å²) in [6, 6.07) is 0. The van der Waals surface area contributed by atoms with E-state index in [0.717, 1.165) is 6.42 Å². The third-order valence-corrected chi connectivity index (χ3v) is 1.72. The molecule has 0 nitrogen and oxygen atoms in total. The van der Waals surface area contributed by atoms with Crippen LogP contribution in [0.5, 0.6) is 0 Å². The molecule has 0 heteroatoms. The first-order valence-electron chi connectivity index (χ1n) is 4.29. The molecule has 10 heavy (non-hydrogen) atoms. The molecule has 0 saturated carbocycles. The van der Waals surface area contributed by atoms with E-state index in [2.05, 4.69) is 32.9 Å². The van der Waals surface area contributed by atoms with Crippen LogP contribution in [0.15, 0.2) is 12.2 Å². The lowest BCUT2D eigenvalue weighted by molar-refractivity contribution is 0.575. The molecule has 0 saturated heterocycles. The summed E-state index contributed by atoms with van der Waals surface area (Å²) in [6.45, 7) is 8.38. The summed E-state index contributed by atoms with van der Waals surface area (Å²) in [5, 5.41) is 0. The van der Waals surface area contributed by atoms with E-state index in [9.17, 15) is 0 Å². The highest BCUT2D eigenvalue weighted by atomic mass is 14.0. The van der Waals surface area contributed by atoms with Gasteiger partial charge in [-0.15, -0.1) is 0 Å². The fourth-order valence-corrected chi connectivity index (χ4v) is 0.821. The van der Waals surface area contributed by atoms with Crippen molar-refractivity contribution in [2.45, 2.75) is 39.5 Å². The van der Waals surface area contributed by atoms with E-state index in [1.165, 1.54) is 19.3 Å². The third kappa shape index (κ3) is 5.87. The van der Waals surface area contributed by atoms with Crippen LogP contribution in [0.1, 0.15) is 39.5 Å². The van der Waals surface area contributed by atoms with Gasteiger partial charge >= 0.3 is 0 Å². The van der Waals surface area contributed by atoms with E-state index < -0.39 is 0 Å². The largest absolute Gasteiger partial charge is 0.0888 e. The second-order valence-corrected chi connectivity index (χ2v) is 2.73. The summed E-state index contributed by atoms with van der Waals surface area (Å²) in [6.07, 6.45) is 9.30. The zero-order valence-corrected chi connectivity index (χ0v) is 7.27. The molecule has 0 aliphatic carbocycles.